The van der Waals surface area contributed by atoms with Crippen LogP contribution in [0.5, 0.6) is 28.7 Å². The molecular weight excluding hydrogens is 428 g/mol. The topological polar surface area (TPSA) is 126 Å². The third-order valence-corrected chi connectivity index (χ3v) is 5.32. The van der Waals surface area contributed by atoms with Crippen molar-refractivity contribution >= 4 is 5.97 Å². The minimum Gasteiger partial charge on any atom is -0.508 e. The molecule has 174 valence electrons. The van der Waals surface area contributed by atoms with E-state index in [0.29, 0.717) is 11.1 Å². The number of rotatable bonds is 9. The molecule has 3 rings (SSSR count). The Morgan fingerprint density at radius 1 is 0.879 bits per heavy atom. The molecule has 0 aliphatic rings. The number of aromatic hydroxyl groups is 2. The maximum atomic E-state index is 11.3. The molecule has 3 aromatic carbocycles. The second-order valence-corrected chi connectivity index (χ2v) is 7.48. The molecule has 0 aliphatic heterocycles. The van der Waals surface area contributed by atoms with Crippen LogP contribution in [0.2, 0.25) is 0 Å². The van der Waals surface area contributed by atoms with Gasteiger partial charge in [-0.25, -0.2) is 4.79 Å². The zero-order chi connectivity index (χ0) is 24.1. The van der Waals surface area contributed by atoms with Gasteiger partial charge in [0.05, 0.1) is 32.3 Å². The lowest BCUT2D eigenvalue weighted by molar-refractivity contribution is 0.0695. The number of carbonyl (C=O) groups is 1. The zero-order valence-electron chi connectivity index (χ0n) is 18.5. The van der Waals surface area contributed by atoms with Crippen LogP contribution in [0.1, 0.15) is 33.0 Å². The van der Waals surface area contributed by atoms with Gasteiger partial charge in [0.1, 0.15) is 11.9 Å². The van der Waals surface area contributed by atoms with Crippen molar-refractivity contribution in [3.05, 3.63) is 76.9 Å². The average molecular weight is 454 g/mol. The number of hydrogen-bond acceptors (Lipinski definition) is 7. The van der Waals surface area contributed by atoms with Gasteiger partial charge in [-0.05, 0) is 54.4 Å². The lowest BCUT2D eigenvalue weighted by Gasteiger charge is -2.29. The molecule has 0 aromatic heterocycles. The molecule has 33 heavy (non-hydrogen) atoms. The summed E-state index contributed by atoms with van der Waals surface area (Å²) in [6.45, 7) is 1.40. The summed E-state index contributed by atoms with van der Waals surface area (Å²) in [6, 6.07) is 14.1. The molecule has 2 unspecified atom stereocenters. The minimum absolute atomic E-state index is 0.0160. The first kappa shape index (κ1) is 23.7. The number of carboxylic acids is 1. The van der Waals surface area contributed by atoms with Crippen LogP contribution in [0.3, 0.4) is 0 Å². The molecule has 4 N–H and O–H groups in total. The highest BCUT2D eigenvalue weighted by atomic mass is 16.5. The van der Waals surface area contributed by atoms with E-state index in [0.717, 1.165) is 5.56 Å². The molecule has 8 nitrogen and oxygen atoms in total. The molecule has 0 saturated carbocycles. The normalized spacial score (nSPS) is 12.6. The maximum Gasteiger partial charge on any atom is 0.335 e. The second kappa shape index (κ2) is 10.1. The van der Waals surface area contributed by atoms with Crippen LogP contribution in [0.25, 0.3) is 0 Å². The Bertz CT molecular complexity index is 1140. The number of benzene rings is 3. The van der Waals surface area contributed by atoms with Gasteiger partial charge in [0.2, 0.25) is 0 Å². The van der Waals surface area contributed by atoms with E-state index in [4.69, 9.17) is 14.2 Å². The molecule has 0 amide bonds. The summed E-state index contributed by atoms with van der Waals surface area (Å²) in [4.78, 5) is 11.3. The fourth-order valence-electron chi connectivity index (χ4n) is 3.67. The predicted octanol–water partition coefficient (Wildman–Crippen LogP) is 3.69. The van der Waals surface area contributed by atoms with E-state index in [1.54, 1.807) is 24.3 Å². The van der Waals surface area contributed by atoms with Crippen molar-refractivity contribution in [1.82, 2.24) is 0 Å². The Morgan fingerprint density at radius 3 is 2.21 bits per heavy atom. The van der Waals surface area contributed by atoms with Gasteiger partial charge in [-0.15, -0.1) is 0 Å². The van der Waals surface area contributed by atoms with E-state index in [1.165, 1.54) is 38.5 Å². The van der Waals surface area contributed by atoms with E-state index in [9.17, 15) is 25.2 Å². The van der Waals surface area contributed by atoms with E-state index < -0.39 is 24.6 Å². The van der Waals surface area contributed by atoms with Gasteiger partial charge < -0.3 is 34.6 Å². The monoisotopic (exact) mass is 454 g/mol. The van der Waals surface area contributed by atoms with E-state index in [1.807, 2.05) is 13.0 Å². The van der Waals surface area contributed by atoms with Crippen molar-refractivity contribution in [1.29, 1.82) is 0 Å². The summed E-state index contributed by atoms with van der Waals surface area (Å²) in [6.07, 6.45) is -0.905. The Hall–Kier alpha value is -3.91. The Kier molecular flexibility index (Phi) is 7.30. The van der Waals surface area contributed by atoms with Crippen molar-refractivity contribution < 1.29 is 39.4 Å². The van der Waals surface area contributed by atoms with Gasteiger partial charge in [-0.1, -0.05) is 18.2 Å². The number of phenolic OH excluding ortho intramolecular Hbond substituents is 2. The number of aliphatic hydroxyl groups excluding tert-OH is 1. The molecule has 3 aromatic rings. The molecule has 8 heteroatoms. The van der Waals surface area contributed by atoms with Gasteiger partial charge >= 0.3 is 5.97 Å². The Morgan fingerprint density at radius 2 is 1.61 bits per heavy atom. The summed E-state index contributed by atoms with van der Waals surface area (Å²) in [5, 5.41) is 40.3. The van der Waals surface area contributed by atoms with Crippen LogP contribution >= 0.6 is 0 Å². The number of hydrogen-bond donors (Lipinski definition) is 4. The van der Waals surface area contributed by atoms with Crippen molar-refractivity contribution in [2.75, 3.05) is 20.8 Å². The van der Waals surface area contributed by atoms with Crippen molar-refractivity contribution in [2.24, 2.45) is 0 Å². The molecule has 0 saturated heterocycles. The number of aryl methyl sites for hydroxylation is 1. The highest BCUT2D eigenvalue weighted by Gasteiger charge is 2.30. The van der Waals surface area contributed by atoms with Crippen LogP contribution in [-0.2, 0) is 0 Å². The quantitative estimate of drug-likeness (QED) is 0.386. The lowest BCUT2D eigenvalue weighted by Crippen LogP contribution is -2.30. The van der Waals surface area contributed by atoms with Crippen molar-refractivity contribution in [3.63, 3.8) is 0 Å². The van der Waals surface area contributed by atoms with Crippen LogP contribution in [0, 0.1) is 6.92 Å². The maximum absolute atomic E-state index is 11.3. The van der Waals surface area contributed by atoms with Gasteiger partial charge in [0.15, 0.2) is 23.0 Å². The molecule has 0 aliphatic carbocycles. The number of methoxy groups -OCH3 is 2. The van der Waals surface area contributed by atoms with E-state index in [2.05, 4.69) is 0 Å². The third kappa shape index (κ3) is 5.12. The molecule has 0 bridgehead atoms. The van der Waals surface area contributed by atoms with E-state index in [-0.39, 0.29) is 34.3 Å². The summed E-state index contributed by atoms with van der Waals surface area (Å²) in [5.74, 6) is -1.19. The Balaban J connectivity index is 2.11. The van der Waals surface area contributed by atoms with Gasteiger partial charge in [0.25, 0.3) is 0 Å². The Labute approximate surface area is 191 Å². The van der Waals surface area contributed by atoms with Crippen molar-refractivity contribution in [2.45, 2.75) is 18.9 Å². The standard InChI is InChI=1S/C25H26O8/c1-14-4-7-17(19(28)10-14)24(15-5-8-18(27)21(11-15)31-2)23(13-26)33-20-9-6-16(25(29)30)12-22(20)32-3/h4-12,23-24,26-28H,13H2,1-3H3,(H,29,30). The first-order valence-electron chi connectivity index (χ1n) is 10.1. The molecule has 2 atom stereocenters. The van der Waals surface area contributed by atoms with Crippen LogP contribution in [0.4, 0.5) is 0 Å². The highest BCUT2D eigenvalue weighted by molar-refractivity contribution is 5.88. The SMILES string of the molecule is COc1cc(C(c2ccc(C)cc2O)C(CO)Oc2ccc(C(=O)O)cc2OC)ccc1O. The van der Waals surface area contributed by atoms with Gasteiger partial charge in [-0.2, -0.15) is 0 Å². The minimum atomic E-state index is -1.11. The largest absolute Gasteiger partial charge is 0.508 e. The number of aliphatic hydroxyl groups is 1. The summed E-state index contributed by atoms with van der Waals surface area (Å²) < 4.78 is 16.6. The van der Waals surface area contributed by atoms with Crippen LogP contribution < -0.4 is 14.2 Å². The van der Waals surface area contributed by atoms with E-state index >= 15 is 0 Å². The molecule has 0 heterocycles. The summed E-state index contributed by atoms with van der Waals surface area (Å²) >= 11 is 0. The van der Waals surface area contributed by atoms with Crippen molar-refractivity contribution in [3.8, 4) is 28.7 Å². The van der Waals surface area contributed by atoms with Crippen LogP contribution in [-0.4, -0.2) is 53.3 Å². The first-order chi connectivity index (χ1) is 15.8. The number of phenols is 2. The molecule has 0 fully saturated rings. The summed E-state index contributed by atoms with van der Waals surface area (Å²) in [5.41, 5.74) is 1.99. The first-order valence-corrected chi connectivity index (χ1v) is 10.1. The van der Waals surface area contributed by atoms with Gasteiger partial charge in [0, 0.05) is 5.56 Å². The fraction of sp³-hybridized carbons (Fsp3) is 0.240. The van der Waals surface area contributed by atoms with Crippen LogP contribution in [0.15, 0.2) is 54.6 Å². The van der Waals surface area contributed by atoms with Gasteiger partial charge in [-0.3, -0.25) is 0 Å². The number of ether oxygens (including phenoxy) is 3. The zero-order valence-corrected chi connectivity index (χ0v) is 18.5. The number of aromatic carboxylic acids is 1. The lowest BCUT2D eigenvalue weighted by atomic mass is 9.85. The number of carboxylic acid groups (broad SMARTS) is 1. The summed E-state index contributed by atoms with van der Waals surface area (Å²) in [7, 11) is 2.81. The molecule has 0 radical (unpaired) electrons. The fourth-order valence-corrected chi connectivity index (χ4v) is 3.67. The highest BCUT2D eigenvalue weighted by Crippen LogP contribution is 2.40. The molecule has 0 spiro atoms. The smallest absolute Gasteiger partial charge is 0.335 e. The average Bonchev–Trinajstić information content (AvgIpc) is 2.80. The molecular formula is C25H26O8. The predicted molar refractivity (Wildman–Crippen MR) is 121 cm³/mol. The third-order valence-electron chi connectivity index (χ3n) is 5.32. The second-order valence-electron chi connectivity index (χ2n) is 7.48.